The van der Waals surface area contributed by atoms with Crippen molar-refractivity contribution in [1.29, 1.82) is 0 Å². The second-order valence-corrected chi connectivity index (χ2v) is 6.61. The number of benzene rings is 1. The Hall–Kier alpha value is -1.99. The number of aryl methyl sites for hydroxylation is 1. The summed E-state index contributed by atoms with van der Waals surface area (Å²) in [4.78, 5) is 12.6. The molecule has 2 aliphatic rings. The second-order valence-electron chi connectivity index (χ2n) is 6.61. The van der Waals surface area contributed by atoms with Crippen LogP contribution < -0.4 is 10.6 Å². The Morgan fingerprint density at radius 2 is 2.17 bits per heavy atom. The molecule has 4 rings (SSSR count). The van der Waals surface area contributed by atoms with E-state index in [-0.39, 0.29) is 29.6 Å². The maximum atomic E-state index is 12.6. The van der Waals surface area contributed by atoms with E-state index in [9.17, 15) is 4.79 Å². The van der Waals surface area contributed by atoms with Gasteiger partial charge in [-0.05, 0) is 72.8 Å². The van der Waals surface area contributed by atoms with Gasteiger partial charge in [0, 0.05) is 11.6 Å². The number of hydrogen-bond acceptors (Lipinski definition) is 5. The number of anilines is 1. The van der Waals surface area contributed by atoms with Crippen molar-refractivity contribution in [3.05, 3.63) is 30.1 Å². The SMILES string of the molecule is Cc1ccc(NC(=O)C2CC23CCNCC3)cc1-n1cnnn1.Cl. The third-order valence-electron chi connectivity index (χ3n) is 5.18. The number of nitrogens with one attached hydrogen (secondary N) is 2. The largest absolute Gasteiger partial charge is 0.326 e. The predicted octanol–water partition coefficient (Wildman–Crippen LogP) is 1.72. The fraction of sp³-hybridized carbons (Fsp3) is 0.500. The van der Waals surface area contributed by atoms with Crippen molar-refractivity contribution < 1.29 is 4.79 Å². The number of tetrazole rings is 1. The summed E-state index contributed by atoms with van der Waals surface area (Å²) in [5.41, 5.74) is 2.97. The van der Waals surface area contributed by atoms with E-state index in [1.54, 1.807) is 11.0 Å². The number of rotatable bonds is 3. The molecule has 1 spiro atoms. The van der Waals surface area contributed by atoms with Gasteiger partial charge in [0.05, 0.1) is 5.69 Å². The molecule has 2 heterocycles. The summed E-state index contributed by atoms with van der Waals surface area (Å²) in [6, 6.07) is 5.82. The minimum atomic E-state index is 0. The van der Waals surface area contributed by atoms with Gasteiger partial charge >= 0.3 is 0 Å². The molecular formula is C16H21ClN6O. The lowest BCUT2D eigenvalue weighted by Crippen LogP contribution is -2.31. The highest BCUT2D eigenvalue weighted by Crippen LogP contribution is 2.58. The number of hydrogen-bond donors (Lipinski definition) is 2. The predicted molar refractivity (Wildman–Crippen MR) is 92.4 cm³/mol. The Labute approximate surface area is 146 Å². The quantitative estimate of drug-likeness (QED) is 0.882. The number of halogens is 1. The molecule has 24 heavy (non-hydrogen) atoms. The summed E-state index contributed by atoms with van der Waals surface area (Å²) >= 11 is 0. The van der Waals surface area contributed by atoms with Gasteiger partial charge in [-0.25, -0.2) is 4.68 Å². The van der Waals surface area contributed by atoms with Gasteiger partial charge in [-0.3, -0.25) is 4.79 Å². The minimum Gasteiger partial charge on any atom is -0.326 e. The molecule has 128 valence electrons. The molecule has 2 aromatic rings. The van der Waals surface area contributed by atoms with Crippen LogP contribution in [-0.4, -0.2) is 39.2 Å². The van der Waals surface area contributed by atoms with E-state index in [4.69, 9.17) is 0 Å². The lowest BCUT2D eigenvalue weighted by molar-refractivity contribution is -0.118. The van der Waals surface area contributed by atoms with E-state index in [1.165, 1.54) is 0 Å². The zero-order valence-corrected chi connectivity index (χ0v) is 14.3. The molecule has 1 saturated carbocycles. The van der Waals surface area contributed by atoms with E-state index in [2.05, 4.69) is 26.2 Å². The van der Waals surface area contributed by atoms with Crippen molar-refractivity contribution >= 4 is 24.0 Å². The first kappa shape index (κ1) is 16.9. The van der Waals surface area contributed by atoms with E-state index < -0.39 is 0 Å². The van der Waals surface area contributed by atoms with Crippen molar-refractivity contribution in [2.45, 2.75) is 26.2 Å². The number of amides is 1. The first-order valence-corrected chi connectivity index (χ1v) is 8.04. The molecule has 1 saturated heterocycles. The lowest BCUT2D eigenvalue weighted by atomic mass is 9.92. The van der Waals surface area contributed by atoms with E-state index in [0.29, 0.717) is 0 Å². The van der Waals surface area contributed by atoms with Crippen LogP contribution in [0.15, 0.2) is 24.5 Å². The Balaban J connectivity index is 0.00000169. The Morgan fingerprint density at radius 3 is 2.88 bits per heavy atom. The van der Waals surface area contributed by atoms with Gasteiger partial charge < -0.3 is 10.6 Å². The summed E-state index contributed by atoms with van der Waals surface area (Å²) in [6.45, 7) is 4.04. The summed E-state index contributed by atoms with van der Waals surface area (Å²) < 4.78 is 1.61. The molecule has 7 nitrogen and oxygen atoms in total. The molecule has 8 heteroatoms. The summed E-state index contributed by atoms with van der Waals surface area (Å²) in [7, 11) is 0. The van der Waals surface area contributed by atoms with Gasteiger partial charge in [0.2, 0.25) is 5.91 Å². The molecule has 2 N–H and O–H groups in total. The molecule has 1 amide bonds. The minimum absolute atomic E-state index is 0. The number of carbonyl (C=O) groups excluding carboxylic acids is 1. The molecule has 1 aromatic carbocycles. The fourth-order valence-electron chi connectivity index (χ4n) is 3.63. The maximum absolute atomic E-state index is 12.6. The van der Waals surface area contributed by atoms with Gasteiger partial charge in [-0.1, -0.05) is 6.07 Å². The van der Waals surface area contributed by atoms with Gasteiger partial charge in [0.1, 0.15) is 6.33 Å². The molecule has 1 aromatic heterocycles. The molecule has 2 fully saturated rings. The van der Waals surface area contributed by atoms with Crippen molar-refractivity contribution in [2.24, 2.45) is 11.3 Å². The zero-order valence-electron chi connectivity index (χ0n) is 13.5. The second kappa shape index (κ2) is 6.49. The average Bonchev–Trinajstić information content (AvgIpc) is 2.99. The van der Waals surface area contributed by atoms with Gasteiger partial charge in [0.25, 0.3) is 0 Å². The number of aromatic nitrogens is 4. The smallest absolute Gasteiger partial charge is 0.228 e. The topological polar surface area (TPSA) is 84.7 Å². The first-order chi connectivity index (χ1) is 11.2. The van der Waals surface area contributed by atoms with E-state index >= 15 is 0 Å². The third kappa shape index (κ3) is 3.01. The fourth-order valence-corrected chi connectivity index (χ4v) is 3.63. The lowest BCUT2D eigenvalue weighted by Gasteiger charge is -2.23. The van der Waals surface area contributed by atoms with Gasteiger partial charge in [-0.15, -0.1) is 17.5 Å². The molecule has 1 aliphatic carbocycles. The van der Waals surface area contributed by atoms with Gasteiger partial charge in [-0.2, -0.15) is 0 Å². The molecule has 0 bridgehead atoms. The highest BCUT2D eigenvalue weighted by molar-refractivity contribution is 5.95. The first-order valence-electron chi connectivity index (χ1n) is 8.04. The van der Waals surface area contributed by atoms with Crippen LogP contribution in [0.2, 0.25) is 0 Å². The maximum Gasteiger partial charge on any atom is 0.228 e. The summed E-state index contributed by atoms with van der Waals surface area (Å²) in [5.74, 6) is 0.292. The van der Waals surface area contributed by atoms with E-state index in [0.717, 1.165) is 49.3 Å². The van der Waals surface area contributed by atoms with Crippen molar-refractivity contribution in [2.75, 3.05) is 18.4 Å². The van der Waals surface area contributed by atoms with Gasteiger partial charge in [0.15, 0.2) is 0 Å². The van der Waals surface area contributed by atoms with Crippen molar-refractivity contribution in [1.82, 2.24) is 25.5 Å². The number of carbonyl (C=O) groups is 1. The average molecular weight is 349 g/mol. The van der Waals surface area contributed by atoms with Crippen LogP contribution in [0, 0.1) is 18.3 Å². The van der Waals surface area contributed by atoms with Crippen LogP contribution >= 0.6 is 12.4 Å². The zero-order chi connectivity index (χ0) is 15.9. The number of piperidine rings is 1. The Bertz CT molecular complexity index is 726. The highest BCUT2D eigenvalue weighted by Gasteiger charge is 2.57. The normalized spacial score (nSPS) is 21.1. The van der Waals surface area contributed by atoms with Crippen molar-refractivity contribution in [3.8, 4) is 5.69 Å². The summed E-state index contributed by atoms with van der Waals surface area (Å²) in [5, 5.41) is 17.7. The molecule has 1 unspecified atom stereocenters. The van der Waals surface area contributed by atoms with Crippen molar-refractivity contribution in [3.63, 3.8) is 0 Å². The monoisotopic (exact) mass is 348 g/mol. The van der Waals surface area contributed by atoms with Crippen LogP contribution in [-0.2, 0) is 4.79 Å². The standard InChI is InChI=1S/C16H20N6O.ClH/c1-11-2-3-12(8-14(11)22-10-18-20-21-22)19-15(23)13-9-16(13)4-6-17-7-5-16;/h2-3,8,10,13,17H,4-7,9H2,1H3,(H,19,23);1H. The molecular weight excluding hydrogens is 328 g/mol. The van der Waals surface area contributed by atoms with Crippen LogP contribution in [0.3, 0.4) is 0 Å². The highest BCUT2D eigenvalue weighted by atomic mass is 35.5. The molecule has 1 atom stereocenters. The van der Waals surface area contributed by atoms with Crippen LogP contribution in [0.5, 0.6) is 0 Å². The van der Waals surface area contributed by atoms with E-state index in [1.807, 2.05) is 25.1 Å². The molecule has 1 aliphatic heterocycles. The number of nitrogens with zero attached hydrogens (tertiary/aromatic N) is 4. The van der Waals surface area contributed by atoms with Crippen LogP contribution in [0.4, 0.5) is 5.69 Å². The third-order valence-corrected chi connectivity index (χ3v) is 5.18. The van der Waals surface area contributed by atoms with Crippen LogP contribution in [0.25, 0.3) is 5.69 Å². The summed E-state index contributed by atoms with van der Waals surface area (Å²) in [6.07, 6.45) is 4.79. The Kier molecular flexibility index (Phi) is 4.56. The van der Waals surface area contributed by atoms with Crippen LogP contribution in [0.1, 0.15) is 24.8 Å². The molecule has 0 radical (unpaired) electrons. The Morgan fingerprint density at radius 1 is 1.38 bits per heavy atom.